The molecule has 5 nitrogen and oxygen atoms in total. The third-order valence-corrected chi connectivity index (χ3v) is 2.45. The third-order valence-electron chi connectivity index (χ3n) is 1.65. The first-order valence-electron chi connectivity index (χ1n) is 3.68. The summed E-state index contributed by atoms with van der Waals surface area (Å²) in [5.41, 5.74) is 5.70. The fraction of sp³-hybridized carbons (Fsp3) is 0.125. The Bertz CT molecular complexity index is 431. The molecule has 0 spiro atoms. The lowest BCUT2D eigenvalue weighted by Gasteiger charge is -2.01. The summed E-state index contributed by atoms with van der Waals surface area (Å²) in [4.78, 5) is 11.0. The van der Waals surface area contributed by atoms with Gasteiger partial charge in [-0.05, 0) is 18.2 Å². The number of anilines is 1. The van der Waals surface area contributed by atoms with E-state index in [0.29, 0.717) is 0 Å². The number of esters is 1. The number of hydrogen-bond donors (Lipinski definition) is 2. The molecule has 0 unspecified atom stereocenters. The average Bonchev–Trinajstić information content (AvgIpc) is 2.15. The van der Waals surface area contributed by atoms with E-state index in [1.165, 1.54) is 25.3 Å². The fourth-order valence-corrected chi connectivity index (χ4v) is 1.44. The zero-order chi connectivity index (χ0) is 10.7. The molecular formula is C8H9NO4S. The van der Waals surface area contributed by atoms with E-state index in [-0.39, 0.29) is 16.1 Å². The monoisotopic (exact) mass is 215 g/mol. The second kappa shape index (κ2) is 4.10. The van der Waals surface area contributed by atoms with E-state index in [0.717, 1.165) is 0 Å². The maximum absolute atomic E-state index is 11.0. The molecule has 0 aliphatic rings. The van der Waals surface area contributed by atoms with Gasteiger partial charge < -0.3 is 10.5 Å². The molecule has 0 fully saturated rings. The van der Waals surface area contributed by atoms with Crippen LogP contribution in [0.2, 0.25) is 0 Å². The van der Waals surface area contributed by atoms with Gasteiger partial charge in [0.15, 0.2) is 10.7 Å². The summed E-state index contributed by atoms with van der Waals surface area (Å²) >= 11 is 0. The molecule has 0 aliphatic heterocycles. The Labute approximate surface area is 82.4 Å². The number of thiol groups is 1. The summed E-state index contributed by atoms with van der Waals surface area (Å²) in [6.45, 7) is 0. The van der Waals surface area contributed by atoms with Gasteiger partial charge in [-0.2, -0.15) is 0 Å². The first-order chi connectivity index (χ1) is 6.56. The zero-order valence-corrected chi connectivity index (χ0v) is 8.28. The number of nitrogens with two attached hydrogens (primary N) is 1. The van der Waals surface area contributed by atoms with Gasteiger partial charge in [-0.1, -0.05) is 0 Å². The topological polar surface area (TPSA) is 86.5 Å². The minimum absolute atomic E-state index is 0.00709. The summed E-state index contributed by atoms with van der Waals surface area (Å²) in [5, 5.41) is 0. The van der Waals surface area contributed by atoms with Gasteiger partial charge in [-0.3, -0.25) is 0 Å². The fourth-order valence-electron chi connectivity index (χ4n) is 0.966. The highest BCUT2D eigenvalue weighted by atomic mass is 32.2. The standard InChI is InChI=1S/C8H9NO4S/c1-13-8(10)5-2-3-7(14(11)12)6(9)4-5/h2-4,14H,9H2,1H3. The molecular weight excluding hydrogens is 206 g/mol. The highest BCUT2D eigenvalue weighted by Gasteiger charge is 2.08. The van der Waals surface area contributed by atoms with Crippen molar-refractivity contribution in [3.8, 4) is 0 Å². The van der Waals surface area contributed by atoms with Crippen molar-refractivity contribution < 1.29 is 17.9 Å². The first-order valence-corrected chi connectivity index (χ1v) is 4.86. The number of benzene rings is 1. The van der Waals surface area contributed by atoms with Gasteiger partial charge in [0.05, 0.1) is 23.3 Å². The van der Waals surface area contributed by atoms with Gasteiger partial charge in [0.1, 0.15) is 0 Å². The normalized spacial score (nSPS) is 10.1. The van der Waals surface area contributed by atoms with E-state index in [1.54, 1.807) is 0 Å². The number of carbonyl (C=O) groups excluding carboxylic acids is 1. The predicted molar refractivity (Wildman–Crippen MR) is 50.8 cm³/mol. The van der Waals surface area contributed by atoms with Crippen LogP contribution >= 0.6 is 0 Å². The van der Waals surface area contributed by atoms with Crippen LogP contribution in [0.15, 0.2) is 23.1 Å². The largest absolute Gasteiger partial charge is 0.465 e. The number of rotatable bonds is 2. The van der Waals surface area contributed by atoms with Crippen LogP contribution in [0.5, 0.6) is 0 Å². The highest BCUT2D eigenvalue weighted by molar-refractivity contribution is 7.72. The van der Waals surface area contributed by atoms with Crippen LogP contribution in [-0.4, -0.2) is 21.5 Å². The van der Waals surface area contributed by atoms with Crippen LogP contribution < -0.4 is 5.73 Å². The van der Waals surface area contributed by atoms with Crippen LogP contribution in [-0.2, 0) is 15.4 Å². The molecule has 1 rings (SSSR count). The quantitative estimate of drug-likeness (QED) is 0.413. The highest BCUT2D eigenvalue weighted by Crippen LogP contribution is 2.15. The molecule has 0 aromatic heterocycles. The smallest absolute Gasteiger partial charge is 0.337 e. The first kappa shape index (κ1) is 10.5. The van der Waals surface area contributed by atoms with Crippen molar-refractivity contribution in [1.82, 2.24) is 0 Å². The van der Waals surface area contributed by atoms with Crippen LogP contribution in [0.4, 0.5) is 5.69 Å². The molecule has 2 N–H and O–H groups in total. The number of carbonyl (C=O) groups is 1. The van der Waals surface area contributed by atoms with Gasteiger partial charge in [0, 0.05) is 0 Å². The Balaban J connectivity index is 3.19. The Morgan fingerprint density at radius 3 is 2.50 bits per heavy atom. The predicted octanol–water partition coefficient (Wildman–Crippen LogP) is 0.0257. The van der Waals surface area contributed by atoms with Gasteiger partial charge in [-0.25, -0.2) is 13.2 Å². The Hall–Kier alpha value is -1.56. The third kappa shape index (κ3) is 2.02. The van der Waals surface area contributed by atoms with E-state index in [9.17, 15) is 13.2 Å². The van der Waals surface area contributed by atoms with Gasteiger partial charge in [-0.15, -0.1) is 0 Å². The molecule has 0 atom stereocenters. The maximum atomic E-state index is 11.0. The molecule has 0 bridgehead atoms. The van der Waals surface area contributed by atoms with E-state index < -0.39 is 16.7 Å². The van der Waals surface area contributed by atoms with Crippen molar-refractivity contribution in [3.63, 3.8) is 0 Å². The lowest BCUT2D eigenvalue weighted by molar-refractivity contribution is 0.0600. The van der Waals surface area contributed by atoms with Gasteiger partial charge in [0.2, 0.25) is 0 Å². The summed E-state index contributed by atoms with van der Waals surface area (Å²) in [6, 6.07) is 3.89. The van der Waals surface area contributed by atoms with Crippen LogP contribution in [0, 0.1) is 0 Å². The zero-order valence-electron chi connectivity index (χ0n) is 7.39. The van der Waals surface area contributed by atoms with Gasteiger partial charge >= 0.3 is 5.97 Å². The number of nitrogen functional groups attached to an aromatic ring is 1. The molecule has 0 amide bonds. The van der Waals surface area contributed by atoms with E-state index in [1.807, 2.05) is 0 Å². The molecule has 14 heavy (non-hydrogen) atoms. The molecule has 6 heteroatoms. The number of methoxy groups -OCH3 is 1. The molecule has 0 aliphatic carbocycles. The molecule has 0 radical (unpaired) electrons. The van der Waals surface area contributed by atoms with Crippen molar-refractivity contribution in [2.75, 3.05) is 12.8 Å². The van der Waals surface area contributed by atoms with Crippen molar-refractivity contribution in [2.45, 2.75) is 4.90 Å². The maximum Gasteiger partial charge on any atom is 0.337 e. The molecule has 0 saturated carbocycles. The molecule has 1 aromatic rings. The van der Waals surface area contributed by atoms with E-state index >= 15 is 0 Å². The lowest BCUT2D eigenvalue weighted by Crippen LogP contribution is -2.03. The molecule has 76 valence electrons. The Morgan fingerprint density at radius 2 is 2.07 bits per heavy atom. The van der Waals surface area contributed by atoms with Crippen molar-refractivity contribution in [1.29, 1.82) is 0 Å². The van der Waals surface area contributed by atoms with Gasteiger partial charge in [0.25, 0.3) is 0 Å². The molecule has 0 saturated heterocycles. The summed E-state index contributed by atoms with van der Waals surface area (Å²) in [7, 11) is -1.49. The Morgan fingerprint density at radius 1 is 1.43 bits per heavy atom. The van der Waals surface area contributed by atoms with Crippen LogP contribution in [0.25, 0.3) is 0 Å². The minimum Gasteiger partial charge on any atom is -0.465 e. The second-order valence-corrected chi connectivity index (χ2v) is 3.52. The van der Waals surface area contributed by atoms with Crippen molar-refractivity contribution in [3.05, 3.63) is 23.8 Å². The summed E-state index contributed by atoms with van der Waals surface area (Å²) in [5.74, 6) is -0.552. The van der Waals surface area contributed by atoms with Crippen molar-refractivity contribution in [2.24, 2.45) is 0 Å². The van der Waals surface area contributed by atoms with Crippen molar-refractivity contribution >= 4 is 22.4 Å². The van der Waals surface area contributed by atoms with E-state index in [4.69, 9.17) is 5.73 Å². The summed E-state index contributed by atoms with van der Waals surface area (Å²) < 4.78 is 25.7. The molecule has 0 heterocycles. The second-order valence-electron chi connectivity index (χ2n) is 2.52. The Kier molecular flexibility index (Phi) is 3.08. The summed E-state index contributed by atoms with van der Waals surface area (Å²) in [6.07, 6.45) is 0. The van der Waals surface area contributed by atoms with E-state index in [2.05, 4.69) is 4.74 Å². The van der Waals surface area contributed by atoms with Crippen LogP contribution in [0.1, 0.15) is 10.4 Å². The molecule has 1 aromatic carbocycles. The minimum atomic E-state index is -2.73. The van der Waals surface area contributed by atoms with Crippen LogP contribution in [0.3, 0.4) is 0 Å². The lowest BCUT2D eigenvalue weighted by atomic mass is 10.2. The average molecular weight is 215 g/mol. The SMILES string of the molecule is COC(=O)c1ccc([SH](=O)=O)c(N)c1. The number of hydrogen-bond acceptors (Lipinski definition) is 5. The number of ether oxygens (including phenoxy) is 1.